The van der Waals surface area contributed by atoms with Crippen molar-refractivity contribution in [1.82, 2.24) is 4.57 Å². The number of para-hydroxylation sites is 1. The number of aliphatic carboxylic acids is 1. The second kappa shape index (κ2) is 8.15. The summed E-state index contributed by atoms with van der Waals surface area (Å²) in [7, 11) is -4.53. The smallest absolute Gasteiger partial charge is 0.311 e. The Morgan fingerprint density at radius 1 is 1.11 bits per heavy atom. The van der Waals surface area contributed by atoms with E-state index in [1.807, 2.05) is 31.2 Å². The van der Waals surface area contributed by atoms with Crippen LogP contribution >= 0.6 is 0 Å². The van der Waals surface area contributed by atoms with Crippen LogP contribution in [0, 0.1) is 6.92 Å². The van der Waals surface area contributed by atoms with Crippen molar-refractivity contribution in [3.63, 3.8) is 0 Å². The van der Waals surface area contributed by atoms with Gasteiger partial charge in [-0.05, 0) is 18.6 Å². The fourth-order valence-corrected chi connectivity index (χ4v) is 3.61. The highest BCUT2D eigenvalue weighted by atomic mass is 32.2. The molecule has 2 aromatic carbocycles. The van der Waals surface area contributed by atoms with E-state index in [9.17, 15) is 17.8 Å². The molecule has 0 aliphatic carbocycles. The van der Waals surface area contributed by atoms with Gasteiger partial charge < -0.3 is 9.67 Å². The van der Waals surface area contributed by atoms with Crippen LogP contribution in [0.3, 0.4) is 0 Å². The number of carboxylic acids is 1. The van der Waals surface area contributed by atoms with Crippen LogP contribution in [0.1, 0.15) is 28.4 Å². The summed E-state index contributed by atoms with van der Waals surface area (Å²) in [6, 6.07) is 14.5. The lowest BCUT2D eigenvalue weighted by molar-refractivity contribution is -0.134. The molecule has 3 rings (SSSR count). The fraction of sp³-hybridized carbons (Fsp3) is 0.158. The van der Waals surface area contributed by atoms with Gasteiger partial charge in [-0.25, -0.2) is 0 Å². The number of fused-ring (bicyclic) bond motifs is 1. The van der Waals surface area contributed by atoms with Gasteiger partial charge in [-0.15, -0.1) is 0 Å². The number of aldehydes is 1. The van der Waals surface area contributed by atoms with Gasteiger partial charge in [0.05, 0.1) is 11.1 Å². The number of hydrogen-bond acceptors (Lipinski definition) is 4. The van der Waals surface area contributed by atoms with E-state index in [0.29, 0.717) is 17.2 Å². The minimum Gasteiger partial charge on any atom is -0.481 e. The number of benzene rings is 2. The molecule has 1 aromatic heterocycles. The van der Waals surface area contributed by atoms with E-state index in [4.69, 9.17) is 9.90 Å². The van der Waals surface area contributed by atoms with Crippen molar-refractivity contribution in [1.29, 1.82) is 0 Å². The average molecular weight is 389 g/mol. The molecular formula is C19H19NO6S. The van der Waals surface area contributed by atoms with Crippen molar-refractivity contribution in [3.05, 3.63) is 65.2 Å². The van der Waals surface area contributed by atoms with Gasteiger partial charge in [0.25, 0.3) is 5.97 Å². The number of aryl methyl sites for hydroxylation is 1. The van der Waals surface area contributed by atoms with Crippen molar-refractivity contribution >= 4 is 33.3 Å². The van der Waals surface area contributed by atoms with E-state index in [1.165, 1.54) is 4.57 Å². The maximum atomic E-state index is 11.8. The van der Waals surface area contributed by atoms with Crippen LogP contribution in [0.2, 0.25) is 0 Å². The van der Waals surface area contributed by atoms with Crippen molar-refractivity contribution in [2.75, 3.05) is 0 Å². The Labute approximate surface area is 156 Å². The van der Waals surface area contributed by atoms with Crippen molar-refractivity contribution in [3.8, 4) is 0 Å². The maximum Gasteiger partial charge on any atom is 0.311 e. The summed E-state index contributed by atoms with van der Waals surface area (Å²) < 4.78 is 34.7. The van der Waals surface area contributed by atoms with Gasteiger partial charge in [-0.2, -0.15) is 8.42 Å². The molecule has 0 amide bonds. The summed E-state index contributed by atoms with van der Waals surface area (Å²) in [6.07, 6.45) is 0.469. The zero-order valence-electron chi connectivity index (χ0n) is 14.8. The van der Waals surface area contributed by atoms with E-state index in [-0.39, 0.29) is 17.1 Å². The van der Waals surface area contributed by atoms with E-state index >= 15 is 0 Å². The molecule has 0 atom stereocenters. The van der Waals surface area contributed by atoms with Gasteiger partial charge in [0.1, 0.15) is 0 Å². The first kappa shape index (κ1) is 20.3. The predicted molar refractivity (Wildman–Crippen MR) is 101 cm³/mol. The third-order valence-electron chi connectivity index (χ3n) is 3.78. The van der Waals surface area contributed by atoms with E-state index in [1.54, 1.807) is 24.3 Å². The Bertz CT molecular complexity index is 1080. The van der Waals surface area contributed by atoms with Gasteiger partial charge in [0.2, 0.25) is 0 Å². The second-order valence-corrected chi connectivity index (χ2v) is 7.26. The Morgan fingerprint density at radius 2 is 1.67 bits per heavy atom. The molecule has 1 heterocycles. The first-order chi connectivity index (χ1) is 12.6. The second-order valence-electron chi connectivity index (χ2n) is 5.92. The summed E-state index contributed by atoms with van der Waals surface area (Å²) in [5.41, 5.74) is 2.53. The first-order valence-corrected chi connectivity index (χ1v) is 9.38. The van der Waals surface area contributed by atoms with Crippen molar-refractivity contribution in [2.24, 2.45) is 0 Å². The number of carbonyl (C=O) groups excluding carboxylic acids is 1. The van der Waals surface area contributed by atoms with Crippen LogP contribution in [-0.2, 0) is 21.5 Å². The molecule has 0 saturated heterocycles. The van der Waals surface area contributed by atoms with Crippen LogP contribution in [0.4, 0.5) is 0 Å². The quantitative estimate of drug-likeness (QED) is 0.523. The first-order valence-electron chi connectivity index (χ1n) is 7.94. The lowest BCUT2D eigenvalue weighted by Gasteiger charge is -2.10. The van der Waals surface area contributed by atoms with E-state index in [2.05, 4.69) is 0 Å². The molecule has 0 fully saturated rings. The minimum absolute atomic E-state index is 0.0183. The molecule has 0 bridgehead atoms. The molecule has 0 aliphatic rings. The zero-order chi connectivity index (χ0) is 20.2. The number of nitrogens with zero attached hydrogens (tertiary/aromatic N) is 1. The standard InChI is InChI=1S/C17H15NO4S.C2H4O2/c1-12-6-8-13(9-7-12)10-18-16-5-3-2-4-14(16)15(11-19)17(18)23(20,21)22;1-2(3)4/h2-9,11H,10H2,1H3,(H,20,21,22);1H3,(H,3,4). The summed E-state index contributed by atoms with van der Waals surface area (Å²) in [6.45, 7) is 3.28. The zero-order valence-corrected chi connectivity index (χ0v) is 15.6. The topological polar surface area (TPSA) is 114 Å². The predicted octanol–water partition coefficient (Wildman–Crippen LogP) is 3.15. The molecule has 0 radical (unpaired) electrons. The Balaban J connectivity index is 0.000000596. The lowest BCUT2D eigenvalue weighted by atomic mass is 10.1. The average Bonchev–Trinajstić information content (AvgIpc) is 2.90. The molecule has 8 heteroatoms. The van der Waals surface area contributed by atoms with Crippen LogP contribution in [0.5, 0.6) is 0 Å². The molecule has 0 spiro atoms. The summed E-state index contributed by atoms with van der Waals surface area (Å²) in [4.78, 5) is 20.4. The molecule has 2 N–H and O–H groups in total. The number of rotatable bonds is 4. The Hall–Kier alpha value is -2.97. The van der Waals surface area contributed by atoms with Gasteiger partial charge in [0, 0.05) is 18.9 Å². The normalized spacial score (nSPS) is 10.9. The number of carboxylic acid groups (broad SMARTS) is 1. The molecule has 7 nitrogen and oxygen atoms in total. The van der Waals surface area contributed by atoms with Crippen LogP contribution < -0.4 is 0 Å². The number of carbonyl (C=O) groups is 2. The molecule has 0 aliphatic heterocycles. The van der Waals surface area contributed by atoms with Crippen molar-refractivity contribution < 1.29 is 27.7 Å². The largest absolute Gasteiger partial charge is 0.481 e. The number of hydrogen-bond donors (Lipinski definition) is 2. The van der Waals surface area contributed by atoms with E-state index < -0.39 is 16.1 Å². The summed E-state index contributed by atoms with van der Waals surface area (Å²) in [5, 5.41) is 7.55. The number of aromatic nitrogens is 1. The SMILES string of the molecule is CC(=O)O.Cc1ccc(Cn2c(S(=O)(=O)O)c(C=O)c3ccccc32)cc1. The summed E-state index contributed by atoms with van der Waals surface area (Å²) >= 11 is 0. The molecule has 0 unspecified atom stereocenters. The Morgan fingerprint density at radius 3 is 2.19 bits per heavy atom. The van der Waals surface area contributed by atoms with Crippen LogP contribution in [0.15, 0.2) is 53.6 Å². The minimum atomic E-state index is -4.53. The summed E-state index contributed by atoms with van der Waals surface area (Å²) in [5.74, 6) is -0.833. The van der Waals surface area contributed by atoms with Gasteiger partial charge in [0.15, 0.2) is 11.3 Å². The van der Waals surface area contributed by atoms with Gasteiger partial charge in [-0.1, -0.05) is 48.0 Å². The molecular weight excluding hydrogens is 370 g/mol. The van der Waals surface area contributed by atoms with Crippen molar-refractivity contribution in [2.45, 2.75) is 25.4 Å². The van der Waals surface area contributed by atoms with Gasteiger partial charge >= 0.3 is 10.1 Å². The van der Waals surface area contributed by atoms with Gasteiger partial charge in [-0.3, -0.25) is 14.1 Å². The third kappa shape index (κ3) is 4.81. The monoisotopic (exact) mass is 389 g/mol. The molecule has 0 saturated carbocycles. The lowest BCUT2D eigenvalue weighted by Crippen LogP contribution is -2.11. The highest BCUT2D eigenvalue weighted by molar-refractivity contribution is 7.85. The van der Waals surface area contributed by atoms with Crippen LogP contribution in [-0.4, -0.2) is 34.9 Å². The third-order valence-corrected chi connectivity index (χ3v) is 4.71. The Kier molecular flexibility index (Phi) is 6.14. The molecule has 3 aromatic rings. The highest BCUT2D eigenvalue weighted by Crippen LogP contribution is 2.29. The van der Waals surface area contributed by atoms with E-state index in [0.717, 1.165) is 18.1 Å². The highest BCUT2D eigenvalue weighted by Gasteiger charge is 2.25. The molecule has 27 heavy (non-hydrogen) atoms. The molecule has 142 valence electrons. The van der Waals surface area contributed by atoms with Crippen LogP contribution in [0.25, 0.3) is 10.9 Å². The fourth-order valence-electron chi connectivity index (χ4n) is 2.73. The maximum absolute atomic E-state index is 11.8.